The fourth-order valence-corrected chi connectivity index (χ4v) is 5.65. The normalized spacial score (nSPS) is 16.7. The summed E-state index contributed by atoms with van der Waals surface area (Å²) in [4.78, 5) is 13.1. The van der Waals surface area contributed by atoms with Crippen LogP contribution in [0.3, 0.4) is 0 Å². The molecule has 1 aliphatic rings. The Morgan fingerprint density at radius 3 is 2.44 bits per heavy atom. The smallest absolute Gasteiger partial charge is 0.261 e. The lowest BCUT2D eigenvalue weighted by Crippen LogP contribution is -2.41. The number of sulfonamides is 1. The molecular formula is C17H19BrN2O3S2. The minimum absolute atomic E-state index is 0.0740. The predicted molar refractivity (Wildman–Crippen MR) is 102 cm³/mol. The Morgan fingerprint density at radius 2 is 1.84 bits per heavy atom. The molecule has 2 aromatic rings. The fraction of sp³-hybridized carbons (Fsp3) is 0.353. The number of amides is 1. The van der Waals surface area contributed by atoms with Gasteiger partial charge in [0.25, 0.3) is 5.91 Å². The molecule has 134 valence electrons. The summed E-state index contributed by atoms with van der Waals surface area (Å²) in [6, 6.07) is 12.2. The summed E-state index contributed by atoms with van der Waals surface area (Å²) in [5.41, 5.74) is 0. The van der Waals surface area contributed by atoms with Crippen LogP contribution < -0.4 is 5.32 Å². The first-order chi connectivity index (χ1) is 12.0. The first kappa shape index (κ1) is 18.6. The Balaban J connectivity index is 1.51. The first-order valence-corrected chi connectivity index (χ1v) is 11.1. The van der Waals surface area contributed by atoms with E-state index in [1.807, 2.05) is 6.07 Å². The first-order valence-electron chi connectivity index (χ1n) is 8.05. The van der Waals surface area contributed by atoms with Gasteiger partial charge in [-0.2, -0.15) is 4.31 Å². The number of carbonyl (C=O) groups is 1. The van der Waals surface area contributed by atoms with Crippen LogP contribution in [-0.2, 0) is 10.0 Å². The van der Waals surface area contributed by atoms with Crippen LogP contribution in [0.15, 0.2) is 51.1 Å². The molecule has 5 nitrogen and oxygen atoms in total. The maximum atomic E-state index is 12.6. The van der Waals surface area contributed by atoms with Gasteiger partial charge in [-0.1, -0.05) is 18.2 Å². The minimum atomic E-state index is -3.41. The van der Waals surface area contributed by atoms with E-state index in [1.165, 1.54) is 15.6 Å². The van der Waals surface area contributed by atoms with E-state index in [-0.39, 0.29) is 5.91 Å². The minimum Gasteiger partial charge on any atom is -0.351 e. The number of piperidine rings is 1. The van der Waals surface area contributed by atoms with Crippen molar-refractivity contribution in [1.29, 1.82) is 0 Å². The Hall–Kier alpha value is -1.22. The molecule has 1 aromatic heterocycles. The second-order valence-corrected chi connectivity index (χ2v) is 10.4. The predicted octanol–water partition coefficient (Wildman–Crippen LogP) is 3.34. The standard InChI is InChI=1S/C17H19BrN2O3S2/c18-16-7-6-15(24-16)17(21)19-12-13-8-10-20(11-9-13)25(22,23)14-4-2-1-3-5-14/h1-7,13H,8-12H2,(H,19,21). The number of hydrogen-bond donors (Lipinski definition) is 1. The van der Waals surface area contributed by atoms with Gasteiger partial charge in [-0.05, 0) is 59.0 Å². The highest BCUT2D eigenvalue weighted by atomic mass is 79.9. The van der Waals surface area contributed by atoms with Crippen LogP contribution in [0, 0.1) is 5.92 Å². The molecule has 1 fully saturated rings. The summed E-state index contributed by atoms with van der Waals surface area (Å²) in [6.07, 6.45) is 1.50. The summed E-state index contributed by atoms with van der Waals surface area (Å²) < 4.78 is 27.7. The van der Waals surface area contributed by atoms with Crippen LogP contribution >= 0.6 is 27.3 Å². The van der Waals surface area contributed by atoms with Crippen LogP contribution in [0.25, 0.3) is 0 Å². The van der Waals surface area contributed by atoms with E-state index in [1.54, 1.807) is 36.4 Å². The van der Waals surface area contributed by atoms with Crippen LogP contribution in [0.2, 0.25) is 0 Å². The zero-order valence-electron chi connectivity index (χ0n) is 13.5. The third kappa shape index (κ3) is 4.49. The van der Waals surface area contributed by atoms with E-state index >= 15 is 0 Å². The largest absolute Gasteiger partial charge is 0.351 e. The molecule has 0 atom stereocenters. The van der Waals surface area contributed by atoms with Gasteiger partial charge in [0.1, 0.15) is 0 Å². The zero-order valence-corrected chi connectivity index (χ0v) is 16.7. The van der Waals surface area contributed by atoms with Gasteiger partial charge >= 0.3 is 0 Å². The van der Waals surface area contributed by atoms with Crippen molar-refractivity contribution in [2.45, 2.75) is 17.7 Å². The monoisotopic (exact) mass is 442 g/mol. The van der Waals surface area contributed by atoms with Crippen molar-refractivity contribution in [3.05, 3.63) is 51.1 Å². The topological polar surface area (TPSA) is 66.5 Å². The fourth-order valence-electron chi connectivity index (χ4n) is 2.86. The number of thiophene rings is 1. The van der Waals surface area contributed by atoms with Gasteiger partial charge in [-0.3, -0.25) is 4.79 Å². The average molecular weight is 443 g/mol. The van der Waals surface area contributed by atoms with Gasteiger partial charge in [-0.15, -0.1) is 11.3 Å². The molecule has 0 bridgehead atoms. The number of halogens is 1. The lowest BCUT2D eigenvalue weighted by atomic mass is 9.98. The number of nitrogens with one attached hydrogen (secondary N) is 1. The molecule has 1 saturated heterocycles. The van der Waals surface area contributed by atoms with Gasteiger partial charge in [0.05, 0.1) is 13.6 Å². The Labute approximate surface area is 160 Å². The average Bonchev–Trinajstić information content (AvgIpc) is 3.07. The quantitative estimate of drug-likeness (QED) is 0.771. The Morgan fingerprint density at radius 1 is 1.16 bits per heavy atom. The summed E-state index contributed by atoms with van der Waals surface area (Å²) in [5, 5.41) is 2.95. The van der Waals surface area contributed by atoms with Gasteiger partial charge in [0.15, 0.2) is 0 Å². The van der Waals surface area contributed by atoms with Crippen molar-refractivity contribution in [3.8, 4) is 0 Å². The molecule has 0 spiro atoms. The van der Waals surface area contributed by atoms with Crippen LogP contribution in [-0.4, -0.2) is 38.3 Å². The highest BCUT2D eigenvalue weighted by Crippen LogP contribution is 2.24. The van der Waals surface area contributed by atoms with E-state index in [2.05, 4.69) is 21.2 Å². The lowest BCUT2D eigenvalue weighted by Gasteiger charge is -2.31. The van der Waals surface area contributed by atoms with E-state index in [0.29, 0.717) is 35.3 Å². The molecule has 3 rings (SSSR count). The van der Waals surface area contributed by atoms with Crippen LogP contribution in [0.1, 0.15) is 22.5 Å². The van der Waals surface area contributed by atoms with Gasteiger partial charge < -0.3 is 5.32 Å². The summed E-state index contributed by atoms with van der Waals surface area (Å²) in [5.74, 6) is 0.226. The Bertz CT molecular complexity index is 829. The number of nitrogens with zero attached hydrogens (tertiary/aromatic N) is 1. The van der Waals surface area contributed by atoms with Crippen molar-refractivity contribution >= 4 is 43.2 Å². The molecule has 0 unspecified atom stereocenters. The highest BCUT2D eigenvalue weighted by Gasteiger charge is 2.29. The number of benzene rings is 1. The molecule has 2 heterocycles. The molecule has 1 aromatic carbocycles. The van der Waals surface area contributed by atoms with Gasteiger partial charge in [0, 0.05) is 19.6 Å². The maximum Gasteiger partial charge on any atom is 0.261 e. The van der Waals surface area contributed by atoms with Crippen molar-refractivity contribution in [3.63, 3.8) is 0 Å². The molecular weight excluding hydrogens is 424 g/mol. The summed E-state index contributed by atoms with van der Waals surface area (Å²) in [7, 11) is -3.41. The van der Waals surface area contributed by atoms with Crippen LogP contribution in [0.5, 0.6) is 0 Å². The number of rotatable bonds is 5. The molecule has 25 heavy (non-hydrogen) atoms. The zero-order chi connectivity index (χ0) is 17.9. The lowest BCUT2D eigenvalue weighted by molar-refractivity contribution is 0.0945. The molecule has 0 saturated carbocycles. The third-order valence-corrected chi connectivity index (χ3v) is 7.84. The molecule has 1 N–H and O–H groups in total. The SMILES string of the molecule is O=C(NCC1CCN(S(=O)(=O)c2ccccc2)CC1)c1ccc(Br)s1. The molecule has 1 amide bonds. The van der Waals surface area contributed by atoms with Crippen molar-refractivity contribution in [2.75, 3.05) is 19.6 Å². The maximum absolute atomic E-state index is 12.6. The number of hydrogen-bond acceptors (Lipinski definition) is 4. The third-order valence-electron chi connectivity index (χ3n) is 4.30. The summed E-state index contributed by atoms with van der Waals surface area (Å²) >= 11 is 4.75. The second kappa shape index (κ2) is 7.99. The highest BCUT2D eigenvalue weighted by molar-refractivity contribution is 9.11. The van der Waals surface area contributed by atoms with Crippen LogP contribution in [0.4, 0.5) is 0 Å². The summed E-state index contributed by atoms with van der Waals surface area (Å²) in [6.45, 7) is 1.55. The van der Waals surface area contributed by atoms with E-state index in [0.717, 1.165) is 16.6 Å². The second-order valence-electron chi connectivity index (χ2n) is 5.97. The number of carbonyl (C=O) groups excluding carboxylic acids is 1. The Kier molecular flexibility index (Phi) is 5.93. The molecule has 8 heteroatoms. The van der Waals surface area contributed by atoms with E-state index < -0.39 is 10.0 Å². The van der Waals surface area contributed by atoms with E-state index in [9.17, 15) is 13.2 Å². The molecule has 1 aliphatic heterocycles. The molecule has 0 radical (unpaired) electrons. The van der Waals surface area contributed by atoms with E-state index in [4.69, 9.17) is 0 Å². The van der Waals surface area contributed by atoms with Crippen molar-refractivity contribution in [1.82, 2.24) is 9.62 Å². The van der Waals surface area contributed by atoms with Crippen molar-refractivity contribution in [2.24, 2.45) is 5.92 Å². The van der Waals surface area contributed by atoms with Gasteiger partial charge in [-0.25, -0.2) is 8.42 Å². The molecule has 0 aliphatic carbocycles. The van der Waals surface area contributed by atoms with Gasteiger partial charge in [0.2, 0.25) is 10.0 Å². The van der Waals surface area contributed by atoms with Crippen molar-refractivity contribution < 1.29 is 13.2 Å².